The van der Waals surface area contributed by atoms with Crippen molar-refractivity contribution in [2.45, 2.75) is 20.3 Å². The van der Waals surface area contributed by atoms with Gasteiger partial charge in [0.05, 0.1) is 23.0 Å². The minimum atomic E-state index is 0.626. The lowest BCUT2D eigenvalue weighted by Crippen LogP contribution is -2.05. The Balaban J connectivity index is 2.44. The van der Waals surface area contributed by atoms with E-state index in [-0.39, 0.29) is 0 Å². The van der Waals surface area contributed by atoms with Gasteiger partial charge in [-0.2, -0.15) is 10.4 Å². The summed E-state index contributed by atoms with van der Waals surface area (Å²) in [6.45, 7) is 4.67. The molecule has 1 aromatic heterocycles. The first-order valence-corrected chi connectivity index (χ1v) is 5.93. The molecule has 0 atom stereocenters. The molecule has 1 aromatic carbocycles. The Morgan fingerprint density at radius 1 is 1.28 bits per heavy atom. The molecule has 0 saturated carbocycles. The highest BCUT2D eigenvalue weighted by Gasteiger charge is 2.11. The molecule has 4 nitrogen and oxygen atoms in total. The lowest BCUT2D eigenvalue weighted by atomic mass is 10.1. The second-order valence-corrected chi connectivity index (χ2v) is 4.26. The normalized spacial score (nSPS) is 10.3. The number of nitriles is 1. The van der Waals surface area contributed by atoms with Crippen molar-refractivity contribution in [3.05, 3.63) is 46.8 Å². The largest absolute Gasteiger partial charge is 0.330 e. The number of benzene rings is 1. The second-order valence-electron chi connectivity index (χ2n) is 4.26. The van der Waals surface area contributed by atoms with Crippen molar-refractivity contribution in [2.75, 3.05) is 6.54 Å². The topological polar surface area (TPSA) is 67.6 Å². The Hall–Kier alpha value is -2.12. The molecule has 0 bridgehead atoms. The molecule has 0 saturated heterocycles. The van der Waals surface area contributed by atoms with Crippen LogP contribution in [0, 0.1) is 25.2 Å². The van der Waals surface area contributed by atoms with E-state index >= 15 is 0 Å². The van der Waals surface area contributed by atoms with Gasteiger partial charge in [-0.1, -0.05) is 0 Å². The van der Waals surface area contributed by atoms with E-state index in [1.807, 2.05) is 30.7 Å². The third-order valence-electron chi connectivity index (χ3n) is 3.08. The monoisotopic (exact) mass is 240 g/mol. The summed E-state index contributed by atoms with van der Waals surface area (Å²) in [6, 6.07) is 9.52. The van der Waals surface area contributed by atoms with Crippen LogP contribution in [-0.2, 0) is 6.42 Å². The molecule has 0 aliphatic rings. The van der Waals surface area contributed by atoms with Gasteiger partial charge in [-0.25, -0.2) is 4.68 Å². The van der Waals surface area contributed by atoms with Gasteiger partial charge in [0.25, 0.3) is 0 Å². The van der Waals surface area contributed by atoms with Gasteiger partial charge < -0.3 is 5.73 Å². The van der Waals surface area contributed by atoms with E-state index in [2.05, 4.69) is 11.2 Å². The molecule has 0 unspecified atom stereocenters. The lowest BCUT2D eigenvalue weighted by molar-refractivity contribution is 0.831. The number of nitrogens with zero attached hydrogens (tertiary/aromatic N) is 3. The summed E-state index contributed by atoms with van der Waals surface area (Å²) in [6.07, 6.45) is 0.841. The van der Waals surface area contributed by atoms with Crippen molar-refractivity contribution in [1.29, 1.82) is 5.26 Å². The lowest BCUT2D eigenvalue weighted by Gasteiger charge is -2.05. The minimum absolute atomic E-state index is 0.626. The molecule has 18 heavy (non-hydrogen) atoms. The van der Waals surface area contributed by atoms with Gasteiger partial charge in [0.1, 0.15) is 0 Å². The molecule has 0 aliphatic carbocycles. The first-order valence-electron chi connectivity index (χ1n) is 5.93. The minimum Gasteiger partial charge on any atom is -0.330 e. The van der Waals surface area contributed by atoms with Crippen molar-refractivity contribution in [3.63, 3.8) is 0 Å². The van der Waals surface area contributed by atoms with Gasteiger partial charge in [0, 0.05) is 5.69 Å². The summed E-state index contributed by atoms with van der Waals surface area (Å²) in [7, 11) is 0. The van der Waals surface area contributed by atoms with E-state index in [1.165, 1.54) is 5.56 Å². The van der Waals surface area contributed by atoms with Crippen LogP contribution < -0.4 is 5.73 Å². The fourth-order valence-electron chi connectivity index (χ4n) is 2.11. The first-order chi connectivity index (χ1) is 8.67. The Kier molecular flexibility index (Phi) is 3.45. The number of nitrogens with two attached hydrogens (primary N) is 1. The van der Waals surface area contributed by atoms with Crippen LogP contribution >= 0.6 is 0 Å². The van der Waals surface area contributed by atoms with Crippen LogP contribution in [0.2, 0.25) is 0 Å². The zero-order valence-electron chi connectivity index (χ0n) is 10.6. The molecule has 92 valence electrons. The zero-order chi connectivity index (χ0) is 13.1. The summed E-state index contributed by atoms with van der Waals surface area (Å²) in [5.41, 5.74) is 10.6. The molecule has 2 rings (SSSR count). The van der Waals surface area contributed by atoms with Crippen molar-refractivity contribution in [3.8, 4) is 11.8 Å². The van der Waals surface area contributed by atoms with Gasteiger partial charge >= 0.3 is 0 Å². The highest BCUT2D eigenvalue weighted by atomic mass is 15.3. The number of hydrogen-bond acceptors (Lipinski definition) is 3. The molecule has 0 spiro atoms. The molecule has 0 aliphatic heterocycles. The van der Waals surface area contributed by atoms with Crippen LogP contribution in [0.5, 0.6) is 0 Å². The molecular formula is C14H16N4. The van der Waals surface area contributed by atoms with E-state index < -0.39 is 0 Å². The van der Waals surface area contributed by atoms with E-state index in [9.17, 15) is 0 Å². The van der Waals surface area contributed by atoms with Gasteiger partial charge in [0.2, 0.25) is 0 Å². The van der Waals surface area contributed by atoms with E-state index in [4.69, 9.17) is 11.0 Å². The molecule has 0 amide bonds. The van der Waals surface area contributed by atoms with Gasteiger partial charge in [-0.05, 0) is 56.6 Å². The predicted molar refractivity (Wildman–Crippen MR) is 70.5 cm³/mol. The SMILES string of the molecule is Cc1nn(-c2ccc(C#N)cc2)c(C)c1CCN. The van der Waals surface area contributed by atoms with Crippen LogP contribution in [0.15, 0.2) is 24.3 Å². The molecular weight excluding hydrogens is 224 g/mol. The molecule has 0 fully saturated rings. The summed E-state index contributed by atoms with van der Waals surface area (Å²) in [5.74, 6) is 0. The van der Waals surface area contributed by atoms with Crippen molar-refractivity contribution in [1.82, 2.24) is 9.78 Å². The number of aryl methyl sites for hydroxylation is 1. The summed E-state index contributed by atoms with van der Waals surface area (Å²) in [4.78, 5) is 0. The van der Waals surface area contributed by atoms with Crippen LogP contribution in [0.1, 0.15) is 22.5 Å². The average molecular weight is 240 g/mol. The van der Waals surface area contributed by atoms with E-state index in [1.54, 1.807) is 12.1 Å². The van der Waals surface area contributed by atoms with Gasteiger partial charge in [0.15, 0.2) is 0 Å². The van der Waals surface area contributed by atoms with Crippen LogP contribution in [-0.4, -0.2) is 16.3 Å². The third-order valence-corrected chi connectivity index (χ3v) is 3.08. The Morgan fingerprint density at radius 2 is 1.94 bits per heavy atom. The maximum atomic E-state index is 8.79. The zero-order valence-corrected chi connectivity index (χ0v) is 10.6. The van der Waals surface area contributed by atoms with Crippen LogP contribution in [0.4, 0.5) is 0 Å². The van der Waals surface area contributed by atoms with Crippen LogP contribution in [0.3, 0.4) is 0 Å². The third kappa shape index (κ3) is 2.13. The average Bonchev–Trinajstić information content (AvgIpc) is 2.67. The molecule has 0 radical (unpaired) electrons. The van der Waals surface area contributed by atoms with Gasteiger partial charge in [-0.3, -0.25) is 0 Å². The maximum absolute atomic E-state index is 8.79. The van der Waals surface area contributed by atoms with E-state index in [0.717, 1.165) is 23.5 Å². The van der Waals surface area contributed by atoms with Crippen LogP contribution in [0.25, 0.3) is 5.69 Å². The Morgan fingerprint density at radius 3 is 2.50 bits per heavy atom. The fourth-order valence-corrected chi connectivity index (χ4v) is 2.11. The fraction of sp³-hybridized carbons (Fsp3) is 0.286. The smallest absolute Gasteiger partial charge is 0.0991 e. The quantitative estimate of drug-likeness (QED) is 0.890. The predicted octanol–water partition coefficient (Wildman–Crippen LogP) is 1.86. The Labute approximate surface area is 107 Å². The summed E-state index contributed by atoms with van der Waals surface area (Å²) >= 11 is 0. The molecule has 2 N–H and O–H groups in total. The Bertz CT molecular complexity index is 587. The summed E-state index contributed by atoms with van der Waals surface area (Å²) in [5, 5.41) is 13.3. The molecule has 1 heterocycles. The number of rotatable bonds is 3. The summed E-state index contributed by atoms with van der Waals surface area (Å²) < 4.78 is 1.90. The number of aromatic nitrogens is 2. The van der Waals surface area contributed by atoms with Gasteiger partial charge in [-0.15, -0.1) is 0 Å². The highest BCUT2D eigenvalue weighted by Crippen LogP contribution is 2.18. The van der Waals surface area contributed by atoms with E-state index in [0.29, 0.717) is 12.1 Å². The van der Waals surface area contributed by atoms with Crippen molar-refractivity contribution in [2.24, 2.45) is 5.73 Å². The number of hydrogen-bond donors (Lipinski definition) is 1. The first kappa shape index (κ1) is 12.3. The standard InChI is InChI=1S/C14H16N4/c1-10-14(7-8-15)11(2)18(17-10)13-5-3-12(9-16)4-6-13/h3-6H,7-8,15H2,1-2H3. The highest BCUT2D eigenvalue weighted by molar-refractivity contribution is 5.41. The second kappa shape index (κ2) is 5.03. The maximum Gasteiger partial charge on any atom is 0.0991 e. The molecule has 2 aromatic rings. The molecule has 4 heteroatoms. The van der Waals surface area contributed by atoms with Crippen molar-refractivity contribution >= 4 is 0 Å². The van der Waals surface area contributed by atoms with Crippen molar-refractivity contribution < 1.29 is 0 Å².